The number of fused-ring (bicyclic) bond motifs is 6. The molecule has 0 spiro atoms. The van der Waals surface area contributed by atoms with Gasteiger partial charge in [-0.3, -0.25) is 4.99 Å². The van der Waals surface area contributed by atoms with E-state index in [1.54, 1.807) is 0 Å². The summed E-state index contributed by atoms with van der Waals surface area (Å²) < 4.78 is 0. The van der Waals surface area contributed by atoms with Gasteiger partial charge in [-0.25, -0.2) is 0 Å². The number of hydrogen-bond acceptors (Lipinski definition) is 1. The summed E-state index contributed by atoms with van der Waals surface area (Å²) >= 11 is 0. The Morgan fingerprint density at radius 3 is 2.23 bits per heavy atom. The number of hydrogen-bond donors (Lipinski definition) is 0. The van der Waals surface area contributed by atoms with Gasteiger partial charge in [-0.2, -0.15) is 0 Å². The molecule has 1 heterocycles. The molecule has 1 heteroatoms. The van der Waals surface area contributed by atoms with Crippen molar-refractivity contribution in [2.45, 2.75) is 26.7 Å². The largest absolute Gasteiger partial charge is 0.259 e. The second-order valence-electron chi connectivity index (χ2n) is 7.43. The van der Waals surface area contributed by atoms with Gasteiger partial charge in [0.05, 0.1) is 11.6 Å². The van der Waals surface area contributed by atoms with Crippen molar-refractivity contribution >= 4 is 11.3 Å². The summed E-state index contributed by atoms with van der Waals surface area (Å²) in [5.74, 6) is 0.222. The average Bonchev–Trinajstić information content (AvgIpc) is 3.07. The van der Waals surface area contributed by atoms with Crippen molar-refractivity contribution in [3.63, 3.8) is 0 Å². The zero-order valence-electron chi connectivity index (χ0n) is 15.4. The van der Waals surface area contributed by atoms with Gasteiger partial charge in [0.2, 0.25) is 0 Å². The zero-order chi connectivity index (χ0) is 17.8. The number of rotatable bonds is 1. The van der Waals surface area contributed by atoms with Gasteiger partial charge in [0.25, 0.3) is 0 Å². The number of aliphatic imine (C=N–C) groups is 1. The second-order valence-corrected chi connectivity index (χ2v) is 7.43. The Balaban J connectivity index is 1.78. The van der Waals surface area contributed by atoms with Crippen LogP contribution in [0.3, 0.4) is 0 Å². The molecule has 3 aromatic carbocycles. The molecule has 1 atom stereocenters. The molecular weight excluding hydrogens is 314 g/mol. The van der Waals surface area contributed by atoms with Crippen molar-refractivity contribution < 1.29 is 0 Å². The Hall–Kier alpha value is -2.93. The van der Waals surface area contributed by atoms with Crippen molar-refractivity contribution in [1.82, 2.24) is 0 Å². The SMILES string of the molecule is Cc1ccc2c(c1)-c1ccccc1C1=NC=C(c3c(C)cccc3C)C12. The van der Waals surface area contributed by atoms with Gasteiger partial charge < -0.3 is 0 Å². The Bertz CT molecular complexity index is 1090. The van der Waals surface area contributed by atoms with E-state index < -0.39 is 0 Å². The zero-order valence-corrected chi connectivity index (χ0v) is 15.4. The Kier molecular flexibility index (Phi) is 3.27. The fourth-order valence-corrected chi connectivity index (χ4v) is 4.55. The van der Waals surface area contributed by atoms with Gasteiger partial charge >= 0.3 is 0 Å². The standard InChI is InChI=1S/C25H21N/c1-15-11-12-19-21(13-15)18-9-4-5-10-20(18)25-24(19)22(14-26-25)23-16(2)7-6-8-17(23)3/h4-14,24H,1-3H3. The summed E-state index contributed by atoms with van der Waals surface area (Å²) in [5.41, 5.74) is 13.1. The second kappa shape index (κ2) is 5.54. The molecule has 0 bridgehead atoms. The fourth-order valence-electron chi connectivity index (χ4n) is 4.55. The van der Waals surface area contributed by atoms with Crippen LogP contribution in [0.1, 0.15) is 39.3 Å². The van der Waals surface area contributed by atoms with E-state index in [0.29, 0.717) is 0 Å². The lowest BCUT2D eigenvalue weighted by molar-refractivity contribution is 1.14. The van der Waals surface area contributed by atoms with E-state index >= 15 is 0 Å². The highest BCUT2D eigenvalue weighted by molar-refractivity contribution is 6.21. The molecule has 126 valence electrons. The lowest BCUT2D eigenvalue weighted by Gasteiger charge is -2.29. The van der Waals surface area contributed by atoms with Crippen molar-refractivity contribution in [3.8, 4) is 11.1 Å². The Morgan fingerprint density at radius 2 is 1.46 bits per heavy atom. The first-order chi connectivity index (χ1) is 12.6. The molecule has 0 amide bonds. The monoisotopic (exact) mass is 335 g/mol. The van der Waals surface area contributed by atoms with E-state index in [1.807, 2.05) is 0 Å². The van der Waals surface area contributed by atoms with E-state index in [9.17, 15) is 0 Å². The smallest absolute Gasteiger partial charge is 0.0602 e. The number of aryl methyl sites for hydroxylation is 3. The predicted octanol–water partition coefficient (Wildman–Crippen LogP) is 6.22. The summed E-state index contributed by atoms with van der Waals surface area (Å²) in [6.45, 7) is 6.57. The van der Waals surface area contributed by atoms with E-state index in [1.165, 1.54) is 55.8 Å². The first-order valence-electron chi connectivity index (χ1n) is 9.20. The van der Waals surface area contributed by atoms with Crippen molar-refractivity contribution in [2.24, 2.45) is 4.99 Å². The van der Waals surface area contributed by atoms with Crippen LogP contribution in [0.4, 0.5) is 0 Å². The summed E-state index contributed by atoms with van der Waals surface area (Å²) in [6, 6.07) is 22.1. The highest BCUT2D eigenvalue weighted by Crippen LogP contribution is 2.49. The Morgan fingerprint density at radius 1 is 0.731 bits per heavy atom. The maximum atomic E-state index is 4.92. The first kappa shape index (κ1) is 15.3. The molecule has 1 aliphatic carbocycles. The quantitative estimate of drug-likeness (QED) is 0.500. The van der Waals surface area contributed by atoms with Gasteiger partial charge in [0, 0.05) is 11.8 Å². The summed E-state index contributed by atoms with van der Waals surface area (Å²) in [7, 11) is 0. The van der Waals surface area contributed by atoms with E-state index in [0.717, 1.165) is 0 Å². The normalized spacial score (nSPS) is 17.1. The summed E-state index contributed by atoms with van der Waals surface area (Å²) in [5, 5.41) is 0. The van der Waals surface area contributed by atoms with Crippen LogP contribution >= 0.6 is 0 Å². The minimum absolute atomic E-state index is 0.222. The van der Waals surface area contributed by atoms with Crippen LogP contribution in [0.2, 0.25) is 0 Å². The molecule has 2 aliphatic rings. The molecule has 0 fully saturated rings. The van der Waals surface area contributed by atoms with Gasteiger partial charge in [-0.15, -0.1) is 0 Å². The third-order valence-electron chi connectivity index (χ3n) is 5.71. The van der Waals surface area contributed by atoms with Gasteiger partial charge in [-0.1, -0.05) is 66.2 Å². The van der Waals surface area contributed by atoms with Gasteiger partial charge in [0.15, 0.2) is 0 Å². The van der Waals surface area contributed by atoms with E-state index in [4.69, 9.17) is 4.99 Å². The number of allylic oxidation sites excluding steroid dienone is 1. The maximum Gasteiger partial charge on any atom is 0.0602 e. The molecule has 0 N–H and O–H groups in total. The van der Waals surface area contributed by atoms with Crippen LogP contribution in [0.25, 0.3) is 16.7 Å². The average molecular weight is 335 g/mol. The minimum Gasteiger partial charge on any atom is -0.259 e. The van der Waals surface area contributed by atoms with Gasteiger partial charge in [-0.05, 0) is 59.7 Å². The van der Waals surface area contributed by atoms with Crippen LogP contribution in [-0.2, 0) is 0 Å². The molecule has 1 aliphatic heterocycles. The fraction of sp³-hybridized carbons (Fsp3) is 0.160. The summed E-state index contributed by atoms with van der Waals surface area (Å²) in [4.78, 5) is 4.92. The van der Waals surface area contributed by atoms with Crippen molar-refractivity contribution in [1.29, 1.82) is 0 Å². The van der Waals surface area contributed by atoms with Crippen LogP contribution in [-0.4, -0.2) is 5.71 Å². The molecule has 1 unspecified atom stereocenters. The molecule has 0 saturated heterocycles. The summed E-state index contributed by atoms with van der Waals surface area (Å²) in [6.07, 6.45) is 2.10. The highest BCUT2D eigenvalue weighted by Gasteiger charge is 2.36. The highest BCUT2D eigenvalue weighted by atomic mass is 14.8. The number of nitrogens with zero attached hydrogens (tertiary/aromatic N) is 1. The maximum absolute atomic E-state index is 4.92. The molecule has 26 heavy (non-hydrogen) atoms. The molecule has 0 aromatic heterocycles. The first-order valence-corrected chi connectivity index (χ1v) is 9.20. The van der Waals surface area contributed by atoms with Gasteiger partial charge in [0.1, 0.15) is 0 Å². The molecule has 0 saturated carbocycles. The molecule has 1 nitrogen and oxygen atoms in total. The van der Waals surface area contributed by atoms with E-state index in [2.05, 4.69) is 87.6 Å². The van der Waals surface area contributed by atoms with Crippen LogP contribution in [0.5, 0.6) is 0 Å². The topological polar surface area (TPSA) is 12.4 Å². The third-order valence-corrected chi connectivity index (χ3v) is 5.71. The molecule has 3 aromatic rings. The van der Waals surface area contributed by atoms with Crippen LogP contribution < -0.4 is 0 Å². The van der Waals surface area contributed by atoms with Crippen molar-refractivity contribution in [3.05, 3.63) is 100 Å². The predicted molar refractivity (Wildman–Crippen MR) is 110 cm³/mol. The number of benzene rings is 3. The Labute approximate surface area is 154 Å². The molecule has 5 rings (SSSR count). The lowest BCUT2D eigenvalue weighted by Crippen LogP contribution is -2.19. The third kappa shape index (κ3) is 2.07. The van der Waals surface area contributed by atoms with Crippen molar-refractivity contribution in [2.75, 3.05) is 0 Å². The molecule has 0 radical (unpaired) electrons. The lowest BCUT2D eigenvalue weighted by atomic mass is 9.72. The van der Waals surface area contributed by atoms with Crippen LogP contribution in [0.15, 0.2) is 71.9 Å². The minimum atomic E-state index is 0.222. The molecular formula is C25H21N. The van der Waals surface area contributed by atoms with E-state index in [-0.39, 0.29) is 5.92 Å². The van der Waals surface area contributed by atoms with Crippen LogP contribution in [0, 0.1) is 20.8 Å².